The molecule has 2 heterocycles. The molecule has 0 unspecified atom stereocenters. The number of aromatic nitrogens is 3. The average molecular weight is 526 g/mol. The molecule has 2 aromatic heterocycles. The third-order valence-corrected chi connectivity index (χ3v) is 6.41. The Kier molecular flexibility index (Phi) is 6.23. The number of nitrogens with zero attached hydrogens (tertiary/aromatic N) is 2. The van der Waals surface area contributed by atoms with E-state index in [1.54, 1.807) is 32.0 Å². The van der Waals surface area contributed by atoms with Crippen molar-refractivity contribution in [1.82, 2.24) is 20.5 Å². The molecule has 184 valence electrons. The van der Waals surface area contributed by atoms with E-state index in [1.165, 1.54) is 13.2 Å². The second kappa shape index (κ2) is 8.89. The smallest absolute Gasteiger partial charge is 0.372 e. The number of rotatable bonds is 5. The minimum absolute atomic E-state index is 0.0113. The van der Waals surface area contributed by atoms with Crippen molar-refractivity contribution in [3.8, 4) is 0 Å². The van der Waals surface area contributed by atoms with Gasteiger partial charge in [-0.2, -0.15) is 18.3 Å². The van der Waals surface area contributed by atoms with Crippen molar-refractivity contribution in [2.75, 3.05) is 23.0 Å². The Bertz CT molecular complexity index is 1450. The highest BCUT2D eigenvalue weighted by molar-refractivity contribution is 7.23. The zero-order valence-electron chi connectivity index (χ0n) is 18.5. The molecule has 0 aliphatic heterocycles. The molecule has 3 amide bonds. The molecule has 5 N–H and O–H groups in total. The summed E-state index contributed by atoms with van der Waals surface area (Å²) in [6.45, 7) is 3.18. The molecule has 0 fully saturated rings. The van der Waals surface area contributed by atoms with Crippen LogP contribution in [-0.4, -0.2) is 39.7 Å². The summed E-state index contributed by atoms with van der Waals surface area (Å²) in [5.41, 5.74) is -1.38. The highest BCUT2D eigenvalue weighted by Gasteiger charge is 2.36. The third kappa shape index (κ3) is 4.95. The van der Waals surface area contributed by atoms with Crippen LogP contribution in [0.5, 0.6) is 0 Å². The first kappa shape index (κ1) is 24.5. The molecule has 0 spiro atoms. The average Bonchev–Trinajstić information content (AvgIpc) is 3.40. The number of anilines is 3. The standard InChI is InChI=1S/C21H19ClF3N7O2S/c1-20(2,31-9-4-5-12(22)14(6-9)28-18(34)26-3)17(33)30-19-29-15-11(21(23,24)25)7-13-10(8-27-32-13)16(15)35-19/h4-8,31H,1-3H3,(H,27,32)(H2,26,28,34)(H,29,30,33). The van der Waals surface area contributed by atoms with E-state index in [2.05, 4.69) is 36.4 Å². The van der Waals surface area contributed by atoms with Gasteiger partial charge < -0.3 is 16.0 Å². The molecular formula is C21H19ClF3N7O2S. The summed E-state index contributed by atoms with van der Waals surface area (Å²) in [7, 11) is 1.45. The van der Waals surface area contributed by atoms with E-state index < -0.39 is 29.2 Å². The van der Waals surface area contributed by atoms with Gasteiger partial charge in [-0.25, -0.2) is 9.78 Å². The number of halogens is 4. The number of urea groups is 1. The molecule has 0 saturated heterocycles. The number of H-pyrrole nitrogens is 1. The van der Waals surface area contributed by atoms with Gasteiger partial charge in [-0.1, -0.05) is 22.9 Å². The summed E-state index contributed by atoms with van der Waals surface area (Å²) in [6, 6.07) is 5.20. The maximum absolute atomic E-state index is 13.6. The molecule has 35 heavy (non-hydrogen) atoms. The van der Waals surface area contributed by atoms with Crippen LogP contribution in [0.15, 0.2) is 30.5 Å². The lowest BCUT2D eigenvalue weighted by Crippen LogP contribution is -2.44. The van der Waals surface area contributed by atoms with Gasteiger partial charge in [0.2, 0.25) is 0 Å². The first-order valence-electron chi connectivity index (χ1n) is 10.1. The molecule has 4 rings (SSSR count). The number of nitrogens with one attached hydrogen (secondary N) is 5. The summed E-state index contributed by atoms with van der Waals surface area (Å²) in [6.07, 6.45) is -3.22. The Labute approximate surface area is 205 Å². The quantitative estimate of drug-likeness (QED) is 0.238. The zero-order valence-corrected chi connectivity index (χ0v) is 20.1. The number of alkyl halides is 3. The lowest BCUT2D eigenvalue weighted by molar-refractivity contribution is -0.136. The second-order valence-electron chi connectivity index (χ2n) is 8.05. The molecule has 2 aromatic carbocycles. The van der Waals surface area contributed by atoms with Gasteiger partial charge in [0.05, 0.1) is 38.2 Å². The maximum Gasteiger partial charge on any atom is 0.418 e. The Morgan fingerprint density at radius 3 is 2.57 bits per heavy atom. The van der Waals surface area contributed by atoms with E-state index in [9.17, 15) is 22.8 Å². The number of hydrogen-bond donors (Lipinski definition) is 5. The number of aromatic amines is 1. The lowest BCUT2D eigenvalue weighted by atomic mass is 10.0. The molecule has 0 aliphatic rings. The Morgan fingerprint density at radius 2 is 1.89 bits per heavy atom. The summed E-state index contributed by atoms with van der Waals surface area (Å²) >= 11 is 7.04. The van der Waals surface area contributed by atoms with Gasteiger partial charge in [-0.05, 0) is 38.1 Å². The molecule has 0 atom stereocenters. The van der Waals surface area contributed by atoms with E-state index in [1.807, 2.05) is 0 Å². The Morgan fingerprint density at radius 1 is 1.14 bits per heavy atom. The highest BCUT2D eigenvalue weighted by Crippen LogP contribution is 2.41. The number of carbonyl (C=O) groups excluding carboxylic acids is 2. The van der Waals surface area contributed by atoms with E-state index in [4.69, 9.17) is 11.6 Å². The SMILES string of the molecule is CNC(=O)Nc1cc(NC(C)(C)C(=O)Nc2nc3c(C(F)(F)F)cc4[nH]ncc4c3s2)ccc1Cl. The van der Waals surface area contributed by atoms with Crippen molar-refractivity contribution in [2.24, 2.45) is 0 Å². The molecular weight excluding hydrogens is 507 g/mol. The predicted octanol–water partition coefficient (Wildman–Crippen LogP) is 5.43. The molecule has 0 aliphatic carbocycles. The van der Waals surface area contributed by atoms with Crippen LogP contribution in [0, 0.1) is 0 Å². The Balaban J connectivity index is 1.60. The van der Waals surface area contributed by atoms with Crippen molar-refractivity contribution in [1.29, 1.82) is 0 Å². The predicted molar refractivity (Wildman–Crippen MR) is 130 cm³/mol. The van der Waals surface area contributed by atoms with E-state index in [0.717, 1.165) is 17.4 Å². The lowest BCUT2D eigenvalue weighted by Gasteiger charge is -2.26. The second-order valence-corrected chi connectivity index (χ2v) is 9.46. The molecule has 14 heteroatoms. The van der Waals surface area contributed by atoms with Crippen LogP contribution >= 0.6 is 22.9 Å². The van der Waals surface area contributed by atoms with E-state index >= 15 is 0 Å². The highest BCUT2D eigenvalue weighted by atomic mass is 35.5. The first-order valence-corrected chi connectivity index (χ1v) is 11.3. The number of thiazole rings is 1. The van der Waals surface area contributed by atoms with Crippen LogP contribution in [-0.2, 0) is 11.0 Å². The zero-order chi connectivity index (χ0) is 25.5. The van der Waals surface area contributed by atoms with Crippen molar-refractivity contribution in [3.63, 3.8) is 0 Å². The fourth-order valence-electron chi connectivity index (χ4n) is 3.31. The summed E-state index contributed by atoms with van der Waals surface area (Å²) in [4.78, 5) is 28.7. The molecule has 0 bridgehead atoms. The van der Waals surface area contributed by atoms with Crippen molar-refractivity contribution in [2.45, 2.75) is 25.6 Å². The third-order valence-electron chi connectivity index (χ3n) is 5.08. The fourth-order valence-corrected chi connectivity index (χ4v) is 4.47. The minimum atomic E-state index is -4.64. The van der Waals surface area contributed by atoms with Gasteiger partial charge in [0.1, 0.15) is 5.54 Å². The summed E-state index contributed by atoms with van der Waals surface area (Å²) in [5.74, 6) is -0.538. The fraction of sp³-hybridized carbons (Fsp3) is 0.238. The largest absolute Gasteiger partial charge is 0.418 e. The number of carbonyl (C=O) groups is 2. The van der Waals surface area contributed by atoms with Crippen LogP contribution in [0.2, 0.25) is 5.02 Å². The minimum Gasteiger partial charge on any atom is -0.372 e. The van der Waals surface area contributed by atoms with Gasteiger partial charge in [0.15, 0.2) is 5.13 Å². The molecule has 0 saturated carbocycles. The van der Waals surface area contributed by atoms with Gasteiger partial charge in [-0.15, -0.1) is 0 Å². The van der Waals surface area contributed by atoms with Crippen LogP contribution in [0.25, 0.3) is 21.1 Å². The normalized spacial score (nSPS) is 12.1. The maximum atomic E-state index is 13.6. The number of benzene rings is 2. The van der Waals surface area contributed by atoms with Crippen molar-refractivity contribution in [3.05, 3.63) is 41.0 Å². The van der Waals surface area contributed by atoms with Crippen molar-refractivity contribution >= 4 is 72.5 Å². The van der Waals surface area contributed by atoms with Gasteiger partial charge in [0.25, 0.3) is 5.91 Å². The summed E-state index contributed by atoms with van der Waals surface area (Å²) < 4.78 is 41.1. The van der Waals surface area contributed by atoms with Crippen LogP contribution < -0.4 is 21.3 Å². The Hall–Kier alpha value is -3.58. The number of fused-ring (bicyclic) bond motifs is 3. The van der Waals surface area contributed by atoms with Gasteiger partial charge in [-0.3, -0.25) is 15.2 Å². The monoisotopic (exact) mass is 525 g/mol. The number of hydrogen-bond acceptors (Lipinski definition) is 6. The first-order chi connectivity index (χ1) is 16.4. The van der Waals surface area contributed by atoms with E-state index in [0.29, 0.717) is 21.8 Å². The topological polar surface area (TPSA) is 124 Å². The van der Waals surface area contributed by atoms with Crippen LogP contribution in [0.3, 0.4) is 0 Å². The van der Waals surface area contributed by atoms with Crippen molar-refractivity contribution < 1.29 is 22.8 Å². The van der Waals surface area contributed by atoms with Crippen LogP contribution in [0.4, 0.5) is 34.5 Å². The molecule has 4 aromatic rings. The molecule has 0 radical (unpaired) electrons. The van der Waals surface area contributed by atoms with Crippen LogP contribution in [0.1, 0.15) is 19.4 Å². The van der Waals surface area contributed by atoms with Gasteiger partial charge in [0, 0.05) is 18.1 Å². The summed E-state index contributed by atoms with van der Waals surface area (Å²) in [5, 5.41) is 17.7. The van der Waals surface area contributed by atoms with E-state index in [-0.39, 0.29) is 20.9 Å². The number of amides is 3. The van der Waals surface area contributed by atoms with Gasteiger partial charge >= 0.3 is 12.2 Å². The molecule has 9 nitrogen and oxygen atoms in total.